The van der Waals surface area contributed by atoms with Crippen LogP contribution in [0, 0.1) is 5.92 Å². The van der Waals surface area contributed by atoms with Gasteiger partial charge in [0.05, 0.1) is 5.92 Å². The SMILES string of the molecule is C[C@@H](OC(=O)[C@H]1CC(=O)N(C2CCCC2)C1)C(=O)NCc1ccccc1Cl. The van der Waals surface area contributed by atoms with Crippen molar-refractivity contribution in [2.24, 2.45) is 5.92 Å². The first-order chi connectivity index (χ1) is 13.0. The summed E-state index contributed by atoms with van der Waals surface area (Å²) in [4.78, 5) is 38.6. The van der Waals surface area contributed by atoms with Gasteiger partial charge in [0, 0.05) is 30.6 Å². The average Bonchev–Trinajstić information content (AvgIpc) is 3.30. The number of rotatable bonds is 6. The van der Waals surface area contributed by atoms with Gasteiger partial charge in [0.2, 0.25) is 5.91 Å². The summed E-state index contributed by atoms with van der Waals surface area (Å²) in [6, 6.07) is 7.48. The lowest BCUT2D eigenvalue weighted by molar-refractivity contribution is -0.158. The number of hydrogen-bond acceptors (Lipinski definition) is 4. The number of carbonyl (C=O) groups excluding carboxylic acids is 3. The van der Waals surface area contributed by atoms with Gasteiger partial charge in [-0.3, -0.25) is 14.4 Å². The summed E-state index contributed by atoms with van der Waals surface area (Å²) in [6.45, 7) is 2.19. The molecule has 1 saturated carbocycles. The molecular formula is C20H25ClN2O4. The van der Waals surface area contributed by atoms with E-state index in [0.29, 0.717) is 11.6 Å². The third kappa shape index (κ3) is 4.80. The van der Waals surface area contributed by atoms with Crippen LogP contribution in [0.2, 0.25) is 5.02 Å². The van der Waals surface area contributed by atoms with Crippen LogP contribution in [0.1, 0.15) is 44.6 Å². The third-order valence-corrected chi connectivity index (χ3v) is 5.70. The Balaban J connectivity index is 1.47. The summed E-state index contributed by atoms with van der Waals surface area (Å²) >= 11 is 6.07. The number of nitrogens with one attached hydrogen (secondary N) is 1. The quantitative estimate of drug-likeness (QED) is 0.755. The minimum absolute atomic E-state index is 0.0136. The van der Waals surface area contributed by atoms with Crippen LogP contribution < -0.4 is 5.32 Å². The second-order valence-electron chi connectivity index (χ2n) is 7.27. The van der Waals surface area contributed by atoms with E-state index in [2.05, 4.69) is 5.32 Å². The highest BCUT2D eigenvalue weighted by atomic mass is 35.5. The Hall–Kier alpha value is -2.08. The molecule has 1 aliphatic carbocycles. The minimum atomic E-state index is -0.921. The van der Waals surface area contributed by atoms with E-state index in [1.54, 1.807) is 6.07 Å². The first kappa shape index (κ1) is 19.7. The van der Waals surface area contributed by atoms with Crippen LogP contribution in [0.4, 0.5) is 0 Å². The minimum Gasteiger partial charge on any atom is -0.452 e. The molecule has 27 heavy (non-hydrogen) atoms. The zero-order valence-corrected chi connectivity index (χ0v) is 16.2. The largest absolute Gasteiger partial charge is 0.452 e. The second-order valence-corrected chi connectivity index (χ2v) is 7.68. The van der Waals surface area contributed by atoms with Crippen molar-refractivity contribution in [2.45, 2.75) is 57.7 Å². The molecule has 7 heteroatoms. The molecule has 0 unspecified atom stereocenters. The van der Waals surface area contributed by atoms with Crippen molar-refractivity contribution in [2.75, 3.05) is 6.54 Å². The van der Waals surface area contributed by atoms with Crippen LogP contribution in [-0.2, 0) is 25.7 Å². The van der Waals surface area contributed by atoms with E-state index >= 15 is 0 Å². The topological polar surface area (TPSA) is 75.7 Å². The number of halogens is 1. The lowest BCUT2D eigenvalue weighted by Gasteiger charge is -2.24. The van der Waals surface area contributed by atoms with Crippen molar-refractivity contribution in [3.8, 4) is 0 Å². The number of amides is 2. The summed E-state index contributed by atoms with van der Waals surface area (Å²) in [6.07, 6.45) is 3.53. The van der Waals surface area contributed by atoms with E-state index in [9.17, 15) is 14.4 Å². The molecule has 1 N–H and O–H groups in total. The van der Waals surface area contributed by atoms with Gasteiger partial charge in [0.1, 0.15) is 0 Å². The Morgan fingerprint density at radius 1 is 1.30 bits per heavy atom. The van der Waals surface area contributed by atoms with Crippen molar-refractivity contribution in [3.63, 3.8) is 0 Å². The van der Waals surface area contributed by atoms with Gasteiger partial charge in [-0.15, -0.1) is 0 Å². The van der Waals surface area contributed by atoms with Gasteiger partial charge in [-0.05, 0) is 31.4 Å². The maximum atomic E-state index is 12.4. The molecule has 0 bridgehead atoms. The highest BCUT2D eigenvalue weighted by Gasteiger charge is 2.40. The number of hydrogen-bond donors (Lipinski definition) is 1. The number of likely N-dealkylation sites (tertiary alicyclic amines) is 1. The molecule has 1 aromatic rings. The molecule has 3 rings (SSSR count). The smallest absolute Gasteiger partial charge is 0.312 e. The Kier molecular flexibility index (Phi) is 6.37. The maximum Gasteiger partial charge on any atom is 0.312 e. The van der Waals surface area contributed by atoms with E-state index in [1.807, 2.05) is 23.1 Å². The van der Waals surface area contributed by atoms with Crippen LogP contribution in [0.3, 0.4) is 0 Å². The summed E-state index contributed by atoms with van der Waals surface area (Å²) in [7, 11) is 0. The number of esters is 1. The standard InChI is InChI=1S/C20H25ClN2O4/c1-13(19(25)22-11-14-6-2-5-9-17(14)21)27-20(26)15-10-18(24)23(12-15)16-7-3-4-8-16/h2,5-6,9,13,15-16H,3-4,7-8,10-12H2,1H3,(H,22,25)/t13-,15+/m1/s1. The van der Waals surface area contributed by atoms with E-state index in [0.717, 1.165) is 31.2 Å². The molecule has 2 fully saturated rings. The normalized spacial score (nSPS) is 21.3. The Morgan fingerprint density at radius 3 is 2.70 bits per heavy atom. The molecule has 1 aromatic carbocycles. The molecule has 6 nitrogen and oxygen atoms in total. The summed E-state index contributed by atoms with van der Waals surface area (Å²) < 4.78 is 5.31. The lowest BCUT2D eigenvalue weighted by Crippen LogP contribution is -2.38. The Bertz CT molecular complexity index is 718. The number of benzene rings is 1. The van der Waals surface area contributed by atoms with Crippen molar-refractivity contribution in [1.29, 1.82) is 0 Å². The predicted molar refractivity (Wildman–Crippen MR) is 101 cm³/mol. The third-order valence-electron chi connectivity index (χ3n) is 5.33. The van der Waals surface area contributed by atoms with Gasteiger partial charge >= 0.3 is 5.97 Å². The molecule has 0 radical (unpaired) electrons. The second kappa shape index (κ2) is 8.74. The molecule has 0 spiro atoms. The van der Waals surface area contributed by atoms with Crippen LogP contribution >= 0.6 is 11.6 Å². The number of carbonyl (C=O) groups is 3. The van der Waals surface area contributed by atoms with Gasteiger partial charge in [-0.2, -0.15) is 0 Å². The van der Waals surface area contributed by atoms with Crippen LogP contribution in [0.15, 0.2) is 24.3 Å². The zero-order chi connectivity index (χ0) is 19.4. The average molecular weight is 393 g/mol. The van der Waals surface area contributed by atoms with E-state index in [1.165, 1.54) is 6.92 Å². The van der Waals surface area contributed by atoms with Gasteiger partial charge in [0.15, 0.2) is 6.10 Å². The summed E-state index contributed by atoms with van der Waals surface area (Å²) in [5, 5.41) is 3.29. The van der Waals surface area contributed by atoms with Crippen LogP contribution in [0.5, 0.6) is 0 Å². The molecule has 1 heterocycles. The van der Waals surface area contributed by atoms with E-state index in [-0.39, 0.29) is 30.8 Å². The van der Waals surface area contributed by atoms with Crippen molar-refractivity contribution >= 4 is 29.4 Å². The molecular weight excluding hydrogens is 368 g/mol. The monoisotopic (exact) mass is 392 g/mol. The Morgan fingerprint density at radius 2 is 2.00 bits per heavy atom. The van der Waals surface area contributed by atoms with Gasteiger partial charge in [-0.1, -0.05) is 42.6 Å². The van der Waals surface area contributed by atoms with E-state index in [4.69, 9.17) is 16.3 Å². The molecule has 2 atom stereocenters. The molecule has 2 amide bonds. The molecule has 1 aliphatic heterocycles. The molecule has 0 aromatic heterocycles. The fourth-order valence-corrected chi connectivity index (χ4v) is 3.95. The first-order valence-corrected chi connectivity index (χ1v) is 9.84. The predicted octanol–water partition coefficient (Wildman–Crippen LogP) is 2.68. The highest BCUT2D eigenvalue weighted by Crippen LogP contribution is 2.30. The summed E-state index contributed by atoms with van der Waals surface area (Å²) in [5.74, 6) is -1.35. The lowest BCUT2D eigenvalue weighted by atomic mass is 10.1. The maximum absolute atomic E-state index is 12.4. The molecule has 146 valence electrons. The molecule has 1 saturated heterocycles. The van der Waals surface area contributed by atoms with Gasteiger partial charge < -0.3 is 15.0 Å². The van der Waals surface area contributed by atoms with Crippen molar-refractivity contribution in [3.05, 3.63) is 34.9 Å². The van der Waals surface area contributed by atoms with Crippen molar-refractivity contribution < 1.29 is 19.1 Å². The van der Waals surface area contributed by atoms with Crippen molar-refractivity contribution in [1.82, 2.24) is 10.2 Å². The van der Waals surface area contributed by atoms with Gasteiger partial charge in [0.25, 0.3) is 5.91 Å². The number of nitrogens with zero attached hydrogens (tertiary/aromatic N) is 1. The van der Waals surface area contributed by atoms with Crippen LogP contribution in [0.25, 0.3) is 0 Å². The highest BCUT2D eigenvalue weighted by molar-refractivity contribution is 6.31. The fraction of sp³-hybridized carbons (Fsp3) is 0.550. The van der Waals surface area contributed by atoms with E-state index < -0.39 is 18.0 Å². The Labute approximate surface area is 164 Å². The fourth-order valence-electron chi connectivity index (χ4n) is 3.75. The molecule has 2 aliphatic rings. The zero-order valence-electron chi connectivity index (χ0n) is 15.4. The van der Waals surface area contributed by atoms with Gasteiger partial charge in [-0.25, -0.2) is 0 Å². The van der Waals surface area contributed by atoms with Crippen LogP contribution in [-0.4, -0.2) is 41.4 Å². The number of ether oxygens (including phenoxy) is 1. The summed E-state index contributed by atoms with van der Waals surface area (Å²) in [5.41, 5.74) is 0.791. The first-order valence-electron chi connectivity index (χ1n) is 9.46.